The Labute approximate surface area is 145 Å². The van der Waals surface area contributed by atoms with Crippen LogP contribution < -0.4 is 14.8 Å². The summed E-state index contributed by atoms with van der Waals surface area (Å²) < 4.78 is 26.6. The van der Waals surface area contributed by atoms with Gasteiger partial charge in [-0.3, -0.25) is 4.90 Å². The molecular weight excluding hydrogens is 320 g/mol. The van der Waals surface area contributed by atoms with E-state index in [0.717, 1.165) is 54.2 Å². The minimum absolute atomic E-state index is 0.212. The Morgan fingerprint density at radius 1 is 0.800 bits per heavy atom. The van der Waals surface area contributed by atoms with Crippen molar-refractivity contribution in [2.45, 2.75) is 6.92 Å². The first-order valence-corrected chi connectivity index (χ1v) is 8.48. The number of piperazine rings is 1. The van der Waals surface area contributed by atoms with Gasteiger partial charge in [0, 0.05) is 23.2 Å². The molecule has 0 bridgehead atoms. The van der Waals surface area contributed by atoms with Crippen molar-refractivity contribution in [3.8, 4) is 0 Å². The number of anilines is 2. The number of benzene rings is 2. The quantitative estimate of drug-likeness (QED) is 0.711. The molecule has 128 valence electrons. The molecule has 1 aliphatic heterocycles. The van der Waals surface area contributed by atoms with Crippen LogP contribution in [0.4, 0.5) is 20.3 Å². The van der Waals surface area contributed by atoms with E-state index >= 15 is 0 Å². The molecule has 0 atom stereocenters. The van der Waals surface area contributed by atoms with Gasteiger partial charge in [-0.05, 0) is 48.9 Å². The van der Waals surface area contributed by atoms with Gasteiger partial charge in [-0.2, -0.15) is 0 Å². The summed E-state index contributed by atoms with van der Waals surface area (Å²) in [5.41, 5.74) is 2.99. The molecule has 0 spiro atoms. The Morgan fingerprint density at radius 2 is 1.44 bits per heavy atom. The highest BCUT2D eigenvalue weighted by molar-refractivity contribution is 5.80. The van der Waals surface area contributed by atoms with E-state index in [9.17, 15) is 8.78 Å². The van der Waals surface area contributed by atoms with Gasteiger partial charge in [0.25, 0.3) is 5.82 Å². The lowest BCUT2D eigenvalue weighted by molar-refractivity contribution is -0.330. The third-order valence-corrected chi connectivity index (χ3v) is 4.83. The number of H-pyrrole nitrogens is 1. The molecular formula is C20H20F2N3+. The van der Waals surface area contributed by atoms with Crippen LogP contribution in [-0.2, 0) is 0 Å². The van der Waals surface area contributed by atoms with Crippen molar-refractivity contribution in [1.82, 2.24) is 0 Å². The van der Waals surface area contributed by atoms with Gasteiger partial charge in [-0.25, -0.2) is 13.8 Å². The summed E-state index contributed by atoms with van der Waals surface area (Å²) in [6, 6.07) is 13.6. The minimum atomic E-state index is -0.235. The van der Waals surface area contributed by atoms with Crippen molar-refractivity contribution < 1.29 is 13.8 Å². The summed E-state index contributed by atoms with van der Waals surface area (Å²) in [5, 5.41) is 1.04. The summed E-state index contributed by atoms with van der Waals surface area (Å²) in [6.07, 6.45) is 0. The van der Waals surface area contributed by atoms with Crippen LogP contribution in [0.15, 0.2) is 48.5 Å². The Bertz CT molecular complexity index is 901. The second-order valence-electron chi connectivity index (χ2n) is 6.48. The molecule has 1 aliphatic rings. The summed E-state index contributed by atoms with van der Waals surface area (Å²) in [5.74, 6) is 0.562. The van der Waals surface area contributed by atoms with Gasteiger partial charge in [0.15, 0.2) is 0 Å². The molecule has 0 saturated carbocycles. The van der Waals surface area contributed by atoms with Crippen molar-refractivity contribution in [2.24, 2.45) is 0 Å². The van der Waals surface area contributed by atoms with Gasteiger partial charge < -0.3 is 4.90 Å². The second-order valence-corrected chi connectivity index (χ2v) is 6.48. The summed E-state index contributed by atoms with van der Waals surface area (Å²) in [6.45, 7) is 5.48. The number of nitrogens with zero attached hydrogens (tertiary/aromatic N) is 2. The number of nitrogens with one attached hydrogen (secondary N) is 1. The van der Waals surface area contributed by atoms with Crippen LogP contribution in [0.2, 0.25) is 0 Å². The van der Waals surface area contributed by atoms with E-state index in [0.29, 0.717) is 0 Å². The average Bonchev–Trinajstić information content (AvgIpc) is 2.62. The smallest absolute Gasteiger partial charge is 0.275 e. The van der Waals surface area contributed by atoms with Crippen molar-refractivity contribution in [3.63, 3.8) is 0 Å². The molecule has 1 aromatic heterocycles. The molecule has 3 nitrogen and oxygen atoms in total. The lowest BCUT2D eigenvalue weighted by atomic mass is 10.1. The van der Waals surface area contributed by atoms with Gasteiger partial charge in [-0.15, -0.1) is 0 Å². The number of rotatable bonds is 2. The highest BCUT2D eigenvalue weighted by Crippen LogP contribution is 2.22. The third-order valence-electron chi connectivity index (χ3n) is 4.83. The summed E-state index contributed by atoms with van der Waals surface area (Å²) in [4.78, 5) is 7.89. The molecule has 1 N–H and O–H groups in total. The zero-order valence-corrected chi connectivity index (χ0v) is 14.1. The van der Waals surface area contributed by atoms with Gasteiger partial charge in [-0.1, -0.05) is 0 Å². The van der Waals surface area contributed by atoms with Crippen LogP contribution in [0.1, 0.15) is 5.56 Å². The van der Waals surface area contributed by atoms with Crippen LogP contribution >= 0.6 is 0 Å². The van der Waals surface area contributed by atoms with E-state index in [1.165, 1.54) is 18.2 Å². The highest BCUT2D eigenvalue weighted by Gasteiger charge is 2.24. The lowest BCUT2D eigenvalue weighted by Crippen LogP contribution is -2.48. The summed E-state index contributed by atoms with van der Waals surface area (Å²) in [7, 11) is 0. The number of hydrogen-bond donors (Lipinski definition) is 0. The molecule has 5 heteroatoms. The number of hydrogen-bond acceptors (Lipinski definition) is 2. The molecule has 25 heavy (non-hydrogen) atoms. The van der Waals surface area contributed by atoms with Crippen LogP contribution in [-0.4, -0.2) is 26.2 Å². The van der Waals surface area contributed by atoms with Crippen molar-refractivity contribution >= 4 is 22.4 Å². The first-order valence-electron chi connectivity index (χ1n) is 8.48. The van der Waals surface area contributed by atoms with E-state index in [2.05, 4.69) is 20.9 Å². The van der Waals surface area contributed by atoms with E-state index < -0.39 is 0 Å². The standard InChI is InChI=1S/C20H19F2N3/c1-14-12-20(23-19-13-16(22)4-7-18(14)19)25-10-8-24(9-11-25)17-5-2-15(21)3-6-17/h2-7,12-13H,8-11H2,1H3/p+1. The van der Waals surface area contributed by atoms with E-state index in [1.54, 1.807) is 6.07 Å². The van der Waals surface area contributed by atoms with Crippen LogP contribution in [0.25, 0.3) is 10.9 Å². The molecule has 1 fully saturated rings. The molecule has 3 aromatic rings. The fourth-order valence-corrected chi connectivity index (χ4v) is 3.45. The predicted octanol–water partition coefficient (Wildman–Crippen LogP) is 3.57. The Morgan fingerprint density at radius 3 is 2.16 bits per heavy atom. The van der Waals surface area contributed by atoms with Crippen LogP contribution in [0.5, 0.6) is 0 Å². The number of pyridine rings is 1. The topological polar surface area (TPSA) is 20.6 Å². The van der Waals surface area contributed by atoms with Crippen LogP contribution in [0.3, 0.4) is 0 Å². The molecule has 4 rings (SSSR count). The molecule has 0 radical (unpaired) electrons. The monoisotopic (exact) mass is 340 g/mol. The van der Waals surface area contributed by atoms with E-state index in [4.69, 9.17) is 0 Å². The Balaban J connectivity index is 1.54. The van der Waals surface area contributed by atoms with Gasteiger partial charge >= 0.3 is 0 Å². The fourth-order valence-electron chi connectivity index (χ4n) is 3.45. The van der Waals surface area contributed by atoms with Crippen molar-refractivity contribution in [2.75, 3.05) is 36.0 Å². The first kappa shape index (κ1) is 15.8. The minimum Gasteiger partial charge on any atom is -0.364 e. The van der Waals surface area contributed by atoms with E-state index in [1.807, 2.05) is 25.1 Å². The predicted molar refractivity (Wildman–Crippen MR) is 96.0 cm³/mol. The number of aromatic nitrogens is 1. The summed E-state index contributed by atoms with van der Waals surface area (Å²) >= 11 is 0. The third kappa shape index (κ3) is 3.14. The SMILES string of the molecule is Cc1cc(N2CCN(c3ccc(F)cc3)CC2)[nH+]c2cc(F)ccc12. The molecule has 0 aliphatic carbocycles. The average molecular weight is 340 g/mol. The van der Waals surface area contributed by atoms with Crippen molar-refractivity contribution in [1.29, 1.82) is 0 Å². The largest absolute Gasteiger partial charge is 0.364 e. The normalized spacial score (nSPS) is 15.0. The first-order chi connectivity index (χ1) is 12.1. The highest BCUT2D eigenvalue weighted by atomic mass is 19.1. The number of fused-ring (bicyclic) bond motifs is 1. The number of halogens is 2. The Kier molecular flexibility index (Phi) is 3.99. The maximum Gasteiger partial charge on any atom is 0.275 e. The second kappa shape index (κ2) is 6.31. The lowest BCUT2D eigenvalue weighted by Gasteiger charge is -2.32. The molecule has 2 aromatic carbocycles. The molecule has 2 heterocycles. The van der Waals surface area contributed by atoms with E-state index in [-0.39, 0.29) is 11.6 Å². The number of aromatic amines is 1. The maximum atomic E-state index is 13.5. The van der Waals surface area contributed by atoms with Crippen LogP contribution in [0, 0.1) is 18.6 Å². The molecule has 0 unspecified atom stereocenters. The van der Waals surface area contributed by atoms with Gasteiger partial charge in [0.2, 0.25) is 0 Å². The molecule has 1 saturated heterocycles. The number of aryl methyl sites for hydroxylation is 1. The zero-order chi connectivity index (χ0) is 17.4. The maximum absolute atomic E-state index is 13.5. The zero-order valence-electron chi connectivity index (χ0n) is 14.1. The molecule has 0 amide bonds. The van der Waals surface area contributed by atoms with Gasteiger partial charge in [0.1, 0.15) is 30.2 Å². The Hall–Kier alpha value is -2.69. The van der Waals surface area contributed by atoms with Crippen molar-refractivity contribution in [3.05, 3.63) is 65.7 Å². The fraction of sp³-hybridized carbons (Fsp3) is 0.250. The van der Waals surface area contributed by atoms with Gasteiger partial charge in [0.05, 0.1) is 13.1 Å².